The van der Waals surface area contributed by atoms with E-state index in [-0.39, 0.29) is 12.5 Å². The van der Waals surface area contributed by atoms with E-state index in [1.54, 1.807) is 0 Å². The van der Waals surface area contributed by atoms with Gasteiger partial charge in [-0.15, -0.1) is 0 Å². The largest absolute Gasteiger partial charge is 0.458 e. The van der Waals surface area contributed by atoms with Crippen molar-refractivity contribution in [1.29, 1.82) is 0 Å². The molecule has 0 bridgehead atoms. The summed E-state index contributed by atoms with van der Waals surface area (Å²) in [5.41, 5.74) is 0.986. The summed E-state index contributed by atoms with van der Waals surface area (Å²) < 4.78 is 20.3. The molecule has 1 aromatic heterocycles. The SMILES string of the molecule is O=C(NCc1cc(F)c2oc(C3CCCCC3)cc2c1)[C@H]1NCC[C@@H]1O. The van der Waals surface area contributed by atoms with Gasteiger partial charge >= 0.3 is 0 Å². The van der Waals surface area contributed by atoms with Crippen LogP contribution in [0.2, 0.25) is 0 Å². The summed E-state index contributed by atoms with van der Waals surface area (Å²) in [6.07, 6.45) is 5.76. The van der Waals surface area contributed by atoms with E-state index in [1.165, 1.54) is 25.3 Å². The molecule has 2 aliphatic rings. The predicted molar refractivity (Wildman–Crippen MR) is 96.3 cm³/mol. The van der Waals surface area contributed by atoms with Gasteiger partial charge in [0.05, 0.1) is 6.10 Å². The number of halogens is 1. The summed E-state index contributed by atoms with van der Waals surface area (Å²) in [7, 11) is 0. The van der Waals surface area contributed by atoms with Gasteiger partial charge < -0.3 is 20.2 Å². The molecule has 2 aromatic rings. The third-order valence-electron chi connectivity index (χ3n) is 5.60. The minimum Gasteiger partial charge on any atom is -0.458 e. The van der Waals surface area contributed by atoms with Crippen LogP contribution in [-0.4, -0.2) is 29.7 Å². The van der Waals surface area contributed by atoms with Gasteiger partial charge in [-0.3, -0.25) is 4.79 Å². The fourth-order valence-electron chi connectivity index (χ4n) is 4.13. The van der Waals surface area contributed by atoms with E-state index >= 15 is 0 Å². The standard InChI is InChI=1S/C20H25FN2O3/c21-15-9-12(11-23-20(25)18-16(24)6-7-22-18)8-14-10-17(26-19(14)15)13-4-2-1-3-5-13/h8-10,13,16,18,22,24H,1-7,11H2,(H,23,25)/t16-,18-/m0/s1. The Bertz CT molecular complexity index is 798. The summed E-state index contributed by atoms with van der Waals surface area (Å²) in [6, 6.07) is 4.64. The first-order valence-corrected chi connectivity index (χ1v) is 9.53. The van der Waals surface area contributed by atoms with E-state index in [4.69, 9.17) is 4.42 Å². The van der Waals surface area contributed by atoms with Crippen LogP contribution in [0.1, 0.15) is 55.8 Å². The molecule has 1 saturated heterocycles. The first-order valence-electron chi connectivity index (χ1n) is 9.53. The molecular formula is C20H25FN2O3. The van der Waals surface area contributed by atoms with E-state index in [1.807, 2.05) is 12.1 Å². The van der Waals surface area contributed by atoms with E-state index in [0.29, 0.717) is 30.0 Å². The number of benzene rings is 1. The molecule has 0 unspecified atom stereocenters. The Balaban J connectivity index is 1.48. The fourth-order valence-corrected chi connectivity index (χ4v) is 4.13. The highest BCUT2D eigenvalue weighted by molar-refractivity contribution is 5.83. The van der Waals surface area contributed by atoms with Gasteiger partial charge in [0.15, 0.2) is 11.4 Å². The van der Waals surface area contributed by atoms with E-state index in [9.17, 15) is 14.3 Å². The van der Waals surface area contributed by atoms with Crippen molar-refractivity contribution in [2.45, 2.75) is 63.1 Å². The molecule has 6 heteroatoms. The molecule has 1 amide bonds. The fraction of sp³-hybridized carbons (Fsp3) is 0.550. The summed E-state index contributed by atoms with van der Waals surface area (Å²) in [5.74, 6) is 0.602. The molecule has 4 rings (SSSR count). The van der Waals surface area contributed by atoms with Crippen LogP contribution < -0.4 is 10.6 Å². The molecule has 2 heterocycles. The molecule has 2 fully saturated rings. The predicted octanol–water partition coefficient (Wildman–Crippen LogP) is 2.96. The lowest BCUT2D eigenvalue weighted by Crippen LogP contribution is -2.45. The number of furan rings is 1. The van der Waals surface area contributed by atoms with Gasteiger partial charge in [0.1, 0.15) is 11.8 Å². The maximum absolute atomic E-state index is 14.5. The summed E-state index contributed by atoms with van der Waals surface area (Å²) in [5, 5.41) is 16.3. The number of carbonyl (C=O) groups excluding carboxylic acids is 1. The maximum Gasteiger partial charge on any atom is 0.240 e. The molecule has 3 N–H and O–H groups in total. The maximum atomic E-state index is 14.5. The number of fused-ring (bicyclic) bond motifs is 1. The second-order valence-electron chi connectivity index (χ2n) is 7.49. The molecule has 5 nitrogen and oxygen atoms in total. The van der Waals surface area contributed by atoms with Crippen molar-refractivity contribution in [1.82, 2.24) is 10.6 Å². The number of aliphatic hydroxyl groups excluding tert-OH is 1. The van der Waals surface area contributed by atoms with Crippen LogP contribution in [0.15, 0.2) is 22.6 Å². The molecule has 26 heavy (non-hydrogen) atoms. The third kappa shape index (κ3) is 3.48. The Morgan fingerprint density at radius 3 is 2.77 bits per heavy atom. The van der Waals surface area contributed by atoms with Crippen molar-refractivity contribution in [3.05, 3.63) is 35.3 Å². The van der Waals surface area contributed by atoms with Crippen LogP contribution in [0.5, 0.6) is 0 Å². The number of rotatable bonds is 4. The summed E-state index contributed by atoms with van der Waals surface area (Å²) in [6.45, 7) is 0.847. The summed E-state index contributed by atoms with van der Waals surface area (Å²) in [4.78, 5) is 12.1. The van der Waals surface area contributed by atoms with Gasteiger partial charge in [-0.1, -0.05) is 19.3 Å². The van der Waals surface area contributed by atoms with E-state index in [2.05, 4.69) is 10.6 Å². The zero-order valence-electron chi connectivity index (χ0n) is 14.8. The second-order valence-corrected chi connectivity index (χ2v) is 7.49. The number of hydrogen-bond donors (Lipinski definition) is 3. The smallest absolute Gasteiger partial charge is 0.240 e. The minimum absolute atomic E-state index is 0.223. The van der Waals surface area contributed by atoms with Gasteiger partial charge in [-0.25, -0.2) is 4.39 Å². The number of carbonyl (C=O) groups is 1. The first-order chi connectivity index (χ1) is 12.6. The number of amides is 1. The van der Waals surface area contributed by atoms with Gasteiger partial charge in [0.25, 0.3) is 0 Å². The minimum atomic E-state index is -0.666. The average molecular weight is 360 g/mol. The number of nitrogens with one attached hydrogen (secondary N) is 2. The van der Waals surface area contributed by atoms with Gasteiger partial charge in [0.2, 0.25) is 5.91 Å². The van der Waals surface area contributed by atoms with Crippen LogP contribution in [0, 0.1) is 5.82 Å². The molecular weight excluding hydrogens is 335 g/mol. The summed E-state index contributed by atoms with van der Waals surface area (Å²) >= 11 is 0. The van der Waals surface area contributed by atoms with Crippen LogP contribution in [0.25, 0.3) is 11.0 Å². The van der Waals surface area contributed by atoms with Crippen LogP contribution in [-0.2, 0) is 11.3 Å². The Kier molecular flexibility index (Phi) is 4.96. The van der Waals surface area contributed by atoms with Crippen molar-refractivity contribution < 1.29 is 18.7 Å². The Morgan fingerprint density at radius 1 is 1.23 bits per heavy atom. The molecule has 1 saturated carbocycles. The number of aliphatic hydroxyl groups is 1. The van der Waals surface area contributed by atoms with Gasteiger partial charge in [-0.05, 0) is 49.6 Å². The first kappa shape index (κ1) is 17.5. The Morgan fingerprint density at radius 2 is 2.04 bits per heavy atom. The van der Waals surface area contributed by atoms with Crippen molar-refractivity contribution in [3.63, 3.8) is 0 Å². The molecule has 2 atom stereocenters. The molecule has 1 aromatic carbocycles. The van der Waals surface area contributed by atoms with E-state index in [0.717, 1.165) is 24.0 Å². The zero-order valence-corrected chi connectivity index (χ0v) is 14.8. The second kappa shape index (κ2) is 7.37. The van der Waals surface area contributed by atoms with Crippen molar-refractivity contribution >= 4 is 16.9 Å². The number of hydrogen-bond acceptors (Lipinski definition) is 4. The van der Waals surface area contributed by atoms with Crippen molar-refractivity contribution in [3.8, 4) is 0 Å². The topological polar surface area (TPSA) is 74.5 Å². The van der Waals surface area contributed by atoms with Crippen LogP contribution in [0.4, 0.5) is 4.39 Å². The molecule has 140 valence electrons. The van der Waals surface area contributed by atoms with Crippen LogP contribution in [0.3, 0.4) is 0 Å². The van der Waals surface area contributed by atoms with Gasteiger partial charge in [0, 0.05) is 17.8 Å². The Labute approximate surface area is 151 Å². The molecule has 0 spiro atoms. The van der Waals surface area contributed by atoms with Crippen LogP contribution >= 0.6 is 0 Å². The highest BCUT2D eigenvalue weighted by atomic mass is 19.1. The molecule has 1 aliphatic carbocycles. The lowest BCUT2D eigenvalue weighted by Gasteiger charge is -2.18. The van der Waals surface area contributed by atoms with Crippen molar-refractivity contribution in [2.24, 2.45) is 0 Å². The quantitative estimate of drug-likeness (QED) is 0.784. The lowest BCUT2D eigenvalue weighted by atomic mass is 9.87. The Hall–Kier alpha value is -1.92. The molecule has 1 aliphatic heterocycles. The highest BCUT2D eigenvalue weighted by Gasteiger charge is 2.30. The normalized spacial score (nSPS) is 24.2. The zero-order chi connectivity index (χ0) is 18.1. The third-order valence-corrected chi connectivity index (χ3v) is 5.60. The van der Waals surface area contributed by atoms with E-state index < -0.39 is 18.0 Å². The highest BCUT2D eigenvalue weighted by Crippen LogP contribution is 2.36. The monoisotopic (exact) mass is 360 g/mol. The molecule has 0 radical (unpaired) electrons. The van der Waals surface area contributed by atoms with Gasteiger partial charge in [-0.2, -0.15) is 0 Å². The lowest BCUT2D eigenvalue weighted by molar-refractivity contribution is -0.124. The van der Waals surface area contributed by atoms with Crippen molar-refractivity contribution in [2.75, 3.05) is 6.54 Å². The average Bonchev–Trinajstić information content (AvgIpc) is 3.27.